The topological polar surface area (TPSA) is 45.2 Å². The van der Waals surface area contributed by atoms with Crippen LogP contribution in [0.25, 0.3) is 0 Å². The lowest BCUT2D eigenvalue weighted by Crippen LogP contribution is -2.34. The summed E-state index contributed by atoms with van der Waals surface area (Å²) in [5.74, 6) is 3.15. The maximum atomic E-state index is 12.7. The zero-order valence-corrected chi connectivity index (χ0v) is 14.2. The molecule has 3 atom stereocenters. The first-order valence-electron chi connectivity index (χ1n) is 7.67. The van der Waals surface area contributed by atoms with Crippen molar-refractivity contribution < 1.29 is 4.79 Å². The van der Waals surface area contributed by atoms with Crippen molar-refractivity contribution in [3.63, 3.8) is 0 Å². The van der Waals surface area contributed by atoms with Crippen LogP contribution in [0.3, 0.4) is 0 Å². The van der Waals surface area contributed by atoms with Crippen LogP contribution in [-0.2, 0) is 0 Å². The van der Waals surface area contributed by atoms with Gasteiger partial charge in [-0.25, -0.2) is 4.98 Å². The van der Waals surface area contributed by atoms with Gasteiger partial charge in [-0.1, -0.05) is 6.42 Å². The lowest BCUT2D eigenvalue weighted by atomic mass is 9.88. The third kappa shape index (κ3) is 2.93. The van der Waals surface area contributed by atoms with Crippen molar-refractivity contribution in [3.8, 4) is 0 Å². The smallest absolute Gasteiger partial charge is 0.257 e. The van der Waals surface area contributed by atoms with E-state index in [1.807, 2.05) is 18.0 Å². The molecule has 2 aliphatic rings. The van der Waals surface area contributed by atoms with Crippen LogP contribution >= 0.6 is 15.9 Å². The Bertz CT molecular complexity index is 548. The fourth-order valence-corrected chi connectivity index (χ4v) is 4.37. The van der Waals surface area contributed by atoms with E-state index in [4.69, 9.17) is 0 Å². The monoisotopic (exact) mass is 351 g/mol. The number of anilines is 1. The Labute approximate surface area is 134 Å². The van der Waals surface area contributed by atoms with Crippen molar-refractivity contribution in [1.29, 1.82) is 0 Å². The van der Waals surface area contributed by atoms with E-state index in [1.165, 1.54) is 25.7 Å². The lowest BCUT2D eigenvalue weighted by Gasteiger charge is -2.27. The second-order valence-electron chi connectivity index (χ2n) is 6.42. The number of carbonyl (C=O) groups excluding carboxylic acids is 1. The highest BCUT2D eigenvalue weighted by Crippen LogP contribution is 2.48. The number of amides is 1. The number of carbonyl (C=O) groups is 1. The normalized spacial score (nSPS) is 26.9. The molecule has 114 valence electrons. The predicted molar refractivity (Wildman–Crippen MR) is 87.4 cm³/mol. The molecule has 2 aliphatic carbocycles. The minimum Gasteiger partial charge on any atom is -0.372 e. The summed E-state index contributed by atoms with van der Waals surface area (Å²) in [5.41, 5.74) is 0.637. The van der Waals surface area contributed by atoms with Crippen LogP contribution in [0.15, 0.2) is 16.7 Å². The number of halogens is 1. The van der Waals surface area contributed by atoms with E-state index in [1.54, 1.807) is 13.2 Å². The molecule has 0 spiro atoms. The summed E-state index contributed by atoms with van der Waals surface area (Å²) in [4.78, 5) is 18.8. The molecule has 1 aromatic heterocycles. The molecular weight excluding hydrogens is 330 g/mol. The van der Waals surface area contributed by atoms with Gasteiger partial charge in [0.1, 0.15) is 5.82 Å². The van der Waals surface area contributed by atoms with Crippen molar-refractivity contribution in [2.24, 2.45) is 17.8 Å². The van der Waals surface area contributed by atoms with E-state index >= 15 is 0 Å². The van der Waals surface area contributed by atoms with Gasteiger partial charge in [0.05, 0.1) is 5.56 Å². The second-order valence-corrected chi connectivity index (χ2v) is 7.34. The molecule has 4 nitrogen and oxygen atoms in total. The number of aromatic nitrogens is 1. The molecule has 5 heteroatoms. The molecule has 1 N–H and O–H groups in total. The molecule has 1 heterocycles. The van der Waals surface area contributed by atoms with Crippen LogP contribution in [0.4, 0.5) is 5.82 Å². The van der Waals surface area contributed by atoms with Gasteiger partial charge in [-0.2, -0.15) is 0 Å². The number of fused-ring (bicyclic) bond motifs is 2. The summed E-state index contributed by atoms with van der Waals surface area (Å²) >= 11 is 3.40. The fraction of sp³-hybridized carbons (Fsp3) is 0.625. The van der Waals surface area contributed by atoms with Crippen molar-refractivity contribution in [3.05, 3.63) is 22.3 Å². The number of nitrogens with zero attached hydrogens (tertiary/aromatic N) is 2. The van der Waals surface area contributed by atoms with Crippen molar-refractivity contribution in [2.45, 2.75) is 25.7 Å². The summed E-state index contributed by atoms with van der Waals surface area (Å²) in [6.07, 6.45) is 7.15. The summed E-state index contributed by atoms with van der Waals surface area (Å²) in [5, 5.41) is 3.00. The third-order valence-electron chi connectivity index (χ3n) is 5.06. The van der Waals surface area contributed by atoms with Crippen molar-refractivity contribution in [2.75, 3.05) is 26.0 Å². The molecule has 1 amide bonds. The van der Waals surface area contributed by atoms with Gasteiger partial charge in [0, 0.05) is 31.3 Å². The number of nitrogens with one attached hydrogen (secondary N) is 1. The first-order chi connectivity index (χ1) is 10.1. The molecule has 3 unspecified atom stereocenters. The number of hydrogen-bond acceptors (Lipinski definition) is 3. The van der Waals surface area contributed by atoms with Crippen LogP contribution in [0.1, 0.15) is 36.0 Å². The zero-order chi connectivity index (χ0) is 15.0. The molecule has 3 rings (SSSR count). The highest BCUT2D eigenvalue weighted by molar-refractivity contribution is 9.10. The Morgan fingerprint density at radius 2 is 2.29 bits per heavy atom. The average molecular weight is 352 g/mol. The van der Waals surface area contributed by atoms with E-state index in [0.717, 1.165) is 22.9 Å². The Hall–Kier alpha value is -1.10. The fourth-order valence-electron chi connectivity index (χ4n) is 4.04. The first kappa shape index (κ1) is 14.8. The summed E-state index contributed by atoms with van der Waals surface area (Å²) in [7, 11) is 3.71. The minimum atomic E-state index is 0.0518. The minimum absolute atomic E-state index is 0.0518. The Morgan fingerprint density at radius 1 is 1.48 bits per heavy atom. The van der Waals surface area contributed by atoms with Gasteiger partial charge in [-0.3, -0.25) is 4.79 Å². The van der Waals surface area contributed by atoms with E-state index < -0.39 is 0 Å². The third-order valence-corrected chi connectivity index (χ3v) is 5.49. The van der Waals surface area contributed by atoms with Crippen LogP contribution in [0.5, 0.6) is 0 Å². The molecule has 0 aliphatic heterocycles. The van der Waals surface area contributed by atoms with Gasteiger partial charge in [0.25, 0.3) is 5.91 Å². The van der Waals surface area contributed by atoms with Crippen LogP contribution in [0, 0.1) is 17.8 Å². The Balaban J connectivity index is 1.71. The zero-order valence-electron chi connectivity index (χ0n) is 12.6. The predicted octanol–water partition coefficient (Wildman–Crippen LogP) is 3.39. The van der Waals surface area contributed by atoms with Gasteiger partial charge < -0.3 is 10.2 Å². The molecule has 2 fully saturated rings. The average Bonchev–Trinajstić information content (AvgIpc) is 3.09. The van der Waals surface area contributed by atoms with Crippen LogP contribution < -0.4 is 5.32 Å². The van der Waals surface area contributed by atoms with Gasteiger partial charge in [-0.05, 0) is 59.0 Å². The number of hydrogen-bond donors (Lipinski definition) is 1. The van der Waals surface area contributed by atoms with Crippen LogP contribution in [0.2, 0.25) is 0 Å². The number of pyridine rings is 1. The molecule has 0 radical (unpaired) electrons. The summed E-state index contributed by atoms with van der Waals surface area (Å²) in [6.45, 7) is 0.871. The largest absolute Gasteiger partial charge is 0.372 e. The number of rotatable bonds is 4. The molecule has 21 heavy (non-hydrogen) atoms. The first-order valence-corrected chi connectivity index (χ1v) is 8.46. The van der Waals surface area contributed by atoms with E-state index in [-0.39, 0.29) is 5.91 Å². The maximum absolute atomic E-state index is 12.7. The molecule has 2 bridgehead atoms. The van der Waals surface area contributed by atoms with Gasteiger partial charge in [0.15, 0.2) is 0 Å². The lowest BCUT2D eigenvalue weighted by molar-refractivity contribution is 0.0755. The van der Waals surface area contributed by atoms with Gasteiger partial charge >= 0.3 is 0 Å². The Kier molecular flexibility index (Phi) is 4.20. The highest BCUT2D eigenvalue weighted by atomic mass is 79.9. The standard InChI is InChI=1S/C16H22BrN3O/c1-18-15-14(7-13(17)8-19-15)16(21)20(2)9-12-6-10-3-4-11(12)5-10/h7-8,10-12H,3-6,9H2,1-2H3,(H,18,19). The maximum Gasteiger partial charge on any atom is 0.257 e. The molecule has 1 aromatic rings. The van der Waals surface area contributed by atoms with Crippen LogP contribution in [-0.4, -0.2) is 36.4 Å². The summed E-state index contributed by atoms with van der Waals surface area (Å²) in [6, 6.07) is 1.85. The van der Waals surface area contributed by atoms with Crippen molar-refractivity contribution >= 4 is 27.7 Å². The molecule has 0 saturated heterocycles. The molecule has 0 aromatic carbocycles. The van der Waals surface area contributed by atoms with Gasteiger partial charge in [-0.15, -0.1) is 0 Å². The second kappa shape index (κ2) is 5.95. The van der Waals surface area contributed by atoms with E-state index in [0.29, 0.717) is 17.3 Å². The quantitative estimate of drug-likeness (QED) is 0.904. The van der Waals surface area contributed by atoms with E-state index in [9.17, 15) is 4.79 Å². The highest BCUT2D eigenvalue weighted by Gasteiger charge is 2.40. The van der Waals surface area contributed by atoms with Gasteiger partial charge in [0.2, 0.25) is 0 Å². The van der Waals surface area contributed by atoms with Crippen molar-refractivity contribution in [1.82, 2.24) is 9.88 Å². The molecular formula is C16H22BrN3O. The Morgan fingerprint density at radius 3 is 2.90 bits per heavy atom. The molecule has 2 saturated carbocycles. The SMILES string of the molecule is CNc1ncc(Br)cc1C(=O)N(C)CC1CC2CCC1C2. The van der Waals surface area contributed by atoms with E-state index in [2.05, 4.69) is 26.2 Å². The summed E-state index contributed by atoms with van der Waals surface area (Å²) < 4.78 is 0.832.